The van der Waals surface area contributed by atoms with Crippen LogP contribution in [0.15, 0.2) is 30.6 Å². The molecule has 2 aromatic heterocycles. The Labute approximate surface area is 101 Å². The fourth-order valence-electron chi connectivity index (χ4n) is 1.84. The molecule has 0 aliphatic carbocycles. The van der Waals surface area contributed by atoms with Gasteiger partial charge in [0, 0.05) is 24.1 Å². The van der Waals surface area contributed by atoms with Crippen molar-refractivity contribution >= 4 is 0 Å². The molecule has 0 saturated carbocycles. The normalized spacial score (nSPS) is 13.0. The van der Waals surface area contributed by atoms with Crippen molar-refractivity contribution in [2.75, 3.05) is 0 Å². The van der Waals surface area contributed by atoms with Gasteiger partial charge in [-0.25, -0.2) is 0 Å². The van der Waals surface area contributed by atoms with Gasteiger partial charge in [-0.3, -0.25) is 9.67 Å². The highest BCUT2D eigenvalue weighted by Gasteiger charge is 2.15. The van der Waals surface area contributed by atoms with Crippen LogP contribution in [0.3, 0.4) is 0 Å². The summed E-state index contributed by atoms with van der Waals surface area (Å²) in [6, 6.07) is 6.10. The Morgan fingerprint density at radius 3 is 2.59 bits per heavy atom. The van der Waals surface area contributed by atoms with Gasteiger partial charge in [0.1, 0.15) is 0 Å². The summed E-state index contributed by atoms with van der Waals surface area (Å²) in [6.07, 6.45) is 3.62. The van der Waals surface area contributed by atoms with Crippen LogP contribution in [-0.2, 0) is 0 Å². The maximum absolute atomic E-state index is 6.25. The van der Waals surface area contributed by atoms with Gasteiger partial charge in [-0.05, 0) is 38.5 Å². The molecule has 4 nitrogen and oxygen atoms in total. The van der Waals surface area contributed by atoms with E-state index in [1.165, 1.54) is 0 Å². The first-order valence-corrected chi connectivity index (χ1v) is 5.81. The van der Waals surface area contributed by atoms with Gasteiger partial charge in [0.25, 0.3) is 0 Å². The maximum atomic E-state index is 6.25. The molecule has 0 radical (unpaired) electrons. The summed E-state index contributed by atoms with van der Waals surface area (Å²) in [4.78, 5) is 4.27. The van der Waals surface area contributed by atoms with Crippen molar-refractivity contribution in [3.8, 4) is 0 Å². The van der Waals surface area contributed by atoms with Gasteiger partial charge in [0.05, 0.1) is 11.7 Å². The van der Waals surface area contributed by atoms with Crippen LogP contribution < -0.4 is 5.73 Å². The summed E-state index contributed by atoms with van der Waals surface area (Å²) in [5.74, 6) is 0. The van der Waals surface area contributed by atoms with Gasteiger partial charge in [-0.15, -0.1) is 0 Å². The Bertz CT molecular complexity index is 484. The van der Waals surface area contributed by atoms with Crippen molar-refractivity contribution in [3.05, 3.63) is 47.5 Å². The van der Waals surface area contributed by atoms with Crippen LogP contribution in [0.25, 0.3) is 0 Å². The lowest BCUT2D eigenvalue weighted by Crippen LogP contribution is -2.18. The van der Waals surface area contributed by atoms with Gasteiger partial charge >= 0.3 is 0 Å². The van der Waals surface area contributed by atoms with Crippen LogP contribution in [0.1, 0.15) is 42.9 Å². The molecule has 17 heavy (non-hydrogen) atoms. The van der Waals surface area contributed by atoms with E-state index in [4.69, 9.17) is 5.73 Å². The van der Waals surface area contributed by atoms with Crippen molar-refractivity contribution in [1.29, 1.82) is 0 Å². The number of hydrogen-bond acceptors (Lipinski definition) is 3. The van der Waals surface area contributed by atoms with Crippen molar-refractivity contribution in [1.82, 2.24) is 14.8 Å². The molecule has 0 aliphatic rings. The lowest BCUT2D eigenvalue weighted by atomic mass is 10.1. The number of pyridine rings is 1. The summed E-state index contributed by atoms with van der Waals surface area (Å²) >= 11 is 0. The second kappa shape index (κ2) is 4.67. The Balaban J connectivity index is 2.33. The van der Waals surface area contributed by atoms with E-state index in [0.29, 0.717) is 6.04 Å². The van der Waals surface area contributed by atoms with Crippen LogP contribution in [0, 0.1) is 6.92 Å². The zero-order valence-corrected chi connectivity index (χ0v) is 10.5. The van der Waals surface area contributed by atoms with Gasteiger partial charge < -0.3 is 5.73 Å². The Kier molecular flexibility index (Phi) is 3.24. The molecule has 0 fully saturated rings. The molecule has 0 amide bonds. The number of nitrogens with two attached hydrogens (primary N) is 1. The van der Waals surface area contributed by atoms with E-state index < -0.39 is 0 Å². The average molecular weight is 230 g/mol. The molecule has 2 aromatic rings. The Morgan fingerprint density at radius 2 is 2.00 bits per heavy atom. The lowest BCUT2D eigenvalue weighted by Gasteiger charge is -2.16. The first-order valence-electron chi connectivity index (χ1n) is 5.81. The van der Waals surface area contributed by atoms with E-state index >= 15 is 0 Å². The average Bonchev–Trinajstić information content (AvgIpc) is 2.78. The third-order valence-corrected chi connectivity index (χ3v) is 2.80. The summed E-state index contributed by atoms with van der Waals surface area (Å²) in [6.45, 7) is 6.15. The monoisotopic (exact) mass is 230 g/mol. The highest BCUT2D eigenvalue weighted by atomic mass is 15.3. The first kappa shape index (κ1) is 11.8. The third kappa shape index (κ3) is 2.36. The lowest BCUT2D eigenvalue weighted by molar-refractivity contribution is 0.499. The molecule has 0 aromatic carbocycles. The van der Waals surface area contributed by atoms with Crippen LogP contribution in [0.5, 0.6) is 0 Å². The quantitative estimate of drug-likeness (QED) is 0.879. The highest BCUT2D eigenvalue weighted by molar-refractivity contribution is 5.25. The highest BCUT2D eigenvalue weighted by Crippen LogP contribution is 2.21. The van der Waals surface area contributed by atoms with Crippen molar-refractivity contribution in [2.45, 2.75) is 32.9 Å². The fourth-order valence-corrected chi connectivity index (χ4v) is 1.84. The number of nitrogens with zero attached hydrogens (tertiary/aromatic N) is 3. The first-order chi connectivity index (χ1) is 8.09. The minimum atomic E-state index is -0.173. The van der Waals surface area contributed by atoms with Crippen LogP contribution in [0.2, 0.25) is 0 Å². The van der Waals surface area contributed by atoms with Gasteiger partial charge in [0.15, 0.2) is 0 Å². The SMILES string of the molecule is Cc1ccc(C(N)c2ccnn2C(C)C)cn1. The van der Waals surface area contributed by atoms with Crippen molar-refractivity contribution < 1.29 is 0 Å². The van der Waals surface area contributed by atoms with Crippen molar-refractivity contribution in [3.63, 3.8) is 0 Å². The molecular formula is C13H18N4. The predicted octanol–water partition coefficient (Wildman–Crippen LogP) is 2.22. The van der Waals surface area contributed by atoms with Gasteiger partial charge in [-0.2, -0.15) is 5.10 Å². The predicted molar refractivity (Wildman–Crippen MR) is 67.6 cm³/mol. The maximum Gasteiger partial charge on any atom is 0.0738 e. The minimum Gasteiger partial charge on any atom is -0.319 e. The molecular weight excluding hydrogens is 212 g/mol. The molecule has 0 spiro atoms. The summed E-state index contributed by atoms with van der Waals surface area (Å²) < 4.78 is 1.95. The van der Waals surface area contributed by atoms with E-state index in [2.05, 4.69) is 23.9 Å². The second-order valence-electron chi connectivity index (χ2n) is 4.50. The van der Waals surface area contributed by atoms with Crippen LogP contribution >= 0.6 is 0 Å². The molecule has 2 rings (SSSR count). The third-order valence-electron chi connectivity index (χ3n) is 2.80. The summed E-state index contributed by atoms with van der Waals surface area (Å²) in [7, 11) is 0. The van der Waals surface area contributed by atoms with E-state index in [-0.39, 0.29) is 6.04 Å². The zero-order valence-electron chi connectivity index (χ0n) is 10.5. The van der Waals surface area contributed by atoms with Gasteiger partial charge in [-0.1, -0.05) is 6.07 Å². The molecule has 90 valence electrons. The van der Waals surface area contributed by atoms with E-state index in [9.17, 15) is 0 Å². The van der Waals surface area contributed by atoms with Crippen LogP contribution in [-0.4, -0.2) is 14.8 Å². The summed E-state index contributed by atoms with van der Waals surface area (Å²) in [5, 5.41) is 4.30. The summed E-state index contributed by atoms with van der Waals surface area (Å²) in [5.41, 5.74) is 9.28. The molecule has 1 atom stereocenters. The fraction of sp³-hybridized carbons (Fsp3) is 0.385. The molecule has 4 heteroatoms. The molecule has 0 bridgehead atoms. The van der Waals surface area contributed by atoms with Crippen LogP contribution in [0.4, 0.5) is 0 Å². The molecule has 0 aliphatic heterocycles. The topological polar surface area (TPSA) is 56.7 Å². The van der Waals surface area contributed by atoms with E-state index in [0.717, 1.165) is 17.0 Å². The smallest absolute Gasteiger partial charge is 0.0738 e. The minimum absolute atomic E-state index is 0.173. The Hall–Kier alpha value is -1.68. The zero-order chi connectivity index (χ0) is 12.4. The Morgan fingerprint density at radius 1 is 1.24 bits per heavy atom. The molecule has 0 saturated heterocycles. The van der Waals surface area contributed by atoms with E-state index in [1.807, 2.05) is 36.0 Å². The number of aromatic nitrogens is 3. The molecule has 2 heterocycles. The molecule has 1 unspecified atom stereocenters. The number of rotatable bonds is 3. The largest absolute Gasteiger partial charge is 0.319 e. The van der Waals surface area contributed by atoms with Gasteiger partial charge in [0.2, 0.25) is 0 Å². The number of hydrogen-bond donors (Lipinski definition) is 1. The standard InChI is InChI=1S/C13H18N4/c1-9(2)17-12(6-7-16-17)13(14)11-5-4-10(3)15-8-11/h4-9,13H,14H2,1-3H3. The second-order valence-corrected chi connectivity index (χ2v) is 4.50. The van der Waals surface area contributed by atoms with E-state index in [1.54, 1.807) is 6.20 Å². The molecule has 2 N–H and O–H groups in total. The number of aryl methyl sites for hydroxylation is 1. The van der Waals surface area contributed by atoms with Crippen molar-refractivity contribution in [2.24, 2.45) is 5.73 Å².